The molecule has 0 radical (unpaired) electrons. The Labute approximate surface area is 140 Å². The van der Waals surface area contributed by atoms with Crippen molar-refractivity contribution in [2.75, 3.05) is 16.8 Å². The molecule has 2 aromatic carbocycles. The van der Waals surface area contributed by atoms with Crippen molar-refractivity contribution in [3.05, 3.63) is 60.2 Å². The van der Waals surface area contributed by atoms with Gasteiger partial charge in [0.15, 0.2) is 0 Å². The Balaban J connectivity index is 1.71. The fraction of sp³-hybridized carbons (Fsp3) is 0.158. The average Bonchev–Trinajstić information content (AvgIpc) is 2.83. The summed E-state index contributed by atoms with van der Waals surface area (Å²) in [5.41, 5.74) is 2.82. The van der Waals surface area contributed by atoms with Crippen LogP contribution >= 0.6 is 0 Å². The van der Waals surface area contributed by atoms with E-state index in [0.717, 1.165) is 17.1 Å². The third kappa shape index (κ3) is 3.15. The van der Waals surface area contributed by atoms with Gasteiger partial charge in [-0.05, 0) is 62.4 Å². The Morgan fingerprint density at radius 3 is 2.04 bits per heavy atom. The zero-order valence-corrected chi connectivity index (χ0v) is 13.6. The molecule has 0 aliphatic carbocycles. The molecule has 5 nitrogen and oxygen atoms in total. The number of carbonyl (C=O) groups excluding carboxylic acids is 2. The number of rotatable bonds is 5. The zero-order chi connectivity index (χ0) is 17.1. The lowest BCUT2D eigenvalue weighted by Gasteiger charge is -2.15. The number of amides is 2. The van der Waals surface area contributed by atoms with Crippen molar-refractivity contribution in [1.29, 1.82) is 0 Å². The van der Waals surface area contributed by atoms with Crippen LogP contribution in [0.3, 0.4) is 0 Å². The predicted octanol–water partition coefficient (Wildman–Crippen LogP) is 3.65. The van der Waals surface area contributed by atoms with E-state index in [1.54, 1.807) is 19.1 Å². The van der Waals surface area contributed by atoms with Crippen LogP contribution in [0.15, 0.2) is 60.2 Å². The molecular formula is C19H18N2O3. The molecule has 0 atom stereocenters. The number of anilines is 3. The van der Waals surface area contributed by atoms with Gasteiger partial charge in [-0.1, -0.05) is 0 Å². The SMILES string of the molecule is CCOc1ccc(Nc2ccc(N3C(=O)C=C(C)C3=O)cc2)cc1. The number of benzene rings is 2. The van der Waals surface area contributed by atoms with Gasteiger partial charge in [-0.2, -0.15) is 0 Å². The maximum atomic E-state index is 12.0. The maximum absolute atomic E-state index is 12.0. The van der Waals surface area contributed by atoms with Gasteiger partial charge >= 0.3 is 0 Å². The molecule has 0 saturated carbocycles. The second kappa shape index (κ2) is 6.58. The van der Waals surface area contributed by atoms with Gasteiger partial charge in [-0.25, -0.2) is 4.90 Å². The fourth-order valence-corrected chi connectivity index (χ4v) is 2.49. The summed E-state index contributed by atoms with van der Waals surface area (Å²) < 4.78 is 5.41. The number of hydrogen-bond acceptors (Lipinski definition) is 4. The van der Waals surface area contributed by atoms with Crippen LogP contribution in [0.4, 0.5) is 17.1 Å². The van der Waals surface area contributed by atoms with Gasteiger partial charge in [0.25, 0.3) is 11.8 Å². The first-order chi connectivity index (χ1) is 11.6. The molecule has 1 aliphatic rings. The molecule has 1 heterocycles. The van der Waals surface area contributed by atoms with Gasteiger partial charge in [0.05, 0.1) is 12.3 Å². The third-order valence-electron chi connectivity index (χ3n) is 3.68. The molecule has 5 heteroatoms. The van der Waals surface area contributed by atoms with E-state index in [0.29, 0.717) is 17.9 Å². The smallest absolute Gasteiger partial charge is 0.261 e. The Morgan fingerprint density at radius 2 is 1.54 bits per heavy atom. The highest BCUT2D eigenvalue weighted by Crippen LogP contribution is 2.26. The highest BCUT2D eigenvalue weighted by Gasteiger charge is 2.29. The van der Waals surface area contributed by atoms with Crippen LogP contribution in [-0.4, -0.2) is 18.4 Å². The molecule has 3 rings (SSSR count). The van der Waals surface area contributed by atoms with E-state index in [1.165, 1.54) is 11.0 Å². The normalized spacial score (nSPS) is 13.9. The fourth-order valence-electron chi connectivity index (χ4n) is 2.49. The van der Waals surface area contributed by atoms with Crippen LogP contribution in [0.1, 0.15) is 13.8 Å². The summed E-state index contributed by atoms with van der Waals surface area (Å²) in [6.45, 7) is 4.22. The third-order valence-corrected chi connectivity index (χ3v) is 3.68. The zero-order valence-electron chi connectivity index (χ0n) is 13.6. The minimum absolute atomic E-state index is 0.271. The van der Waals surface area contributed by atoms with E-state index in [2.05, 4.69) is 5.32 Å². The van der Waals surface area contributed by atoms with Crippen molar-refractivity contribution in [3.63, 3.8) is 0 Å². The molecule has 0 saturated heterocycles. The summed E-state index contributed by atoms with van der Waals surface area (Å²) in [5, 5.41) is 3.27. The van der Waals surface area contributed by atoms with Gasteiger partial charge in [-0.3, -0.25) is 9.59 Å². The first-order valence-corrected chi connectivity index (χ1v) is 7.75. The Morgan fingerprint density at radius 1 is 0.958 bits per heavy atom. The van der Waals surface area contributed by atoms with Crippen LogP contribution in [-0.2, 0) is 9.59 Å². The van der Waals surface area contributed by atoms with Crippen LogP contribution in [0, 0.1) is 0 Å². The Hall–Kier alpha value is -3.08. The van der Waals surface area contributed by atoms with Crippen molar-refractivity contribution < 1.29 is 14.3 Å². The van der Waals surface area contributed by atoms with Gasteiger partial charge in [0.2, 0.25) is 0 Å². The highest BCUT2D eigenvalue weighted by molar-refractivity contribution is 6.30. The van der Waals surface area contributed by atoms with Crippen molar-refractivity contribution in [1.82, 2.24) is 0 Å². The second-order valence-corrected chi connectivity index (χ2v) is 5.44. The largest absolute Gasteiger partial charge is 0.494 e. The van der Waals surface area contributed by atoms with E-state index >= 15 is 0 Å². The molecule has 2 amide bonds. The minimum atomic E-state index is -0.301. The van der Waals surface area contributed by atoms with Gasteiger partial charge in [0, 0.05) is 23.0 Å². The lowest BCUT2D eigenvalue weighted by atomic mass is 10.2. The lowest BCUT2D eigenvalue weighted by Crippen LogP contribution is -2.30. The topological polar surface area (TPSA) is 58.6 Å². The number of ether oxygens (including phenoxy) is 1. The number of imide groups is 1. The molecule has 1 N–H and O–H groups in total. The summed E-state index contributed by atoms with van der Waals surface area (Å²) in [6, 6.07) is 14.8. The molecule has 122 valence electrons. The number of nitrogens with zero attached hydrogens (tertiary/aromatic N) is 1. The molecule has 24 heavy (non-hydrogen) atoms. The summed E-state index contributed by atoms with van der Waals surface area (Å²) in [4.78, 5) is 25.0. The predicted molar refractivity (Wildman–Crippen MR) is 93.6 cm³/mol. The quantitative estimate of drug-likeness (QED) is 0.854. The van der Waals surface area contributed by atoms with E-state index in [-0.39, 0.29) is 11.8 Å². The van der Waals surface area contributed by atoms with E-state index in [1.807, 2.05) is 43.3 Å². The molecular weight excluding hydrogens is 304 g/mol. The Bertz CT molecular complexity index is 792. The number of nitrogens with one attached hydrogen (secondary N) is 1. The van der Waals surface area contributed by atoms with Gasteiger partial charge in [-0.15, -0.1) is 0 Å². The summed E-state index contributed by atoms with van der Waals surface area (Å²) >= 11 is 0. The second-order valence-electron chi connectivity index (χ2n) is 5.44. The number of carbonyl (C=O) groups is 2. The van der Waals surface area contributed by atoms with Crippen molar-refractivity contribution in [2.24, 2.45) is 0 Å². The number of hydrogen-bond donors (Lipinski definition) is 1. The van der Waals surface area contributed by atoms with Crippen LogP contribution in [0.25, 0.3) is 0 Å². The average molecular weight is 322 g/mol. The van der Waals surface area contributed by atoms with E-state index < -0.39 is 0 Å². The van der Waals surface area contributed by atoms with Crippen LogP contribution in [0.2, 0.25) is 0 Å². The molecule has 2 aromatic rings. The monoisotopic (exact) mass is 322 g/mol. The molecule has 0 fully saturated rings. The molecule has 0 bridgehead atoms. The van der Waals surface area contributed by atoms with E-state index in [9.17, 15) is 9.59 Å². The van der Waals surface area contributed by atoms with Crippen LogP contribution in [0.5, 0.6) is 5.75 Å². The van der Waals surface area contributed by atoms with Crippen molar-refractivity contribution in [2.45, 2.75) is 13.8 Å². The minimum Gasteiger partial charge on any atom is -0.494 e. The summed E-state index contributed by atoms with van der Waals surface area (Å²) in [5.74, 6) is 0.254. The Kier molecular flexibility index (Phi) is 4.33. The van der Waals surface area contributed by atoms with Gasteiger partial charge in [0.1, 0.15) is 5.75 Å². The van der Waals surface area contributed by atoms with Crippen molar-refractivity contribution in [3.8, 4) is 5.75 Å². The standard InChI is InChI=1S/C19H18N2O3/c1-3-24-17-10-6-15(7-11-17)20-14-4-8-16(9-5-14)21-18(22)12-13(2)19(21)23/h4-12,20H,3H2,1-2H3. The first kappa shape index (κ1) is 15.8. The summed E-state index contributed by atoms with van der Waals surface area (Å²) in [6.07, 6.45) is 1.36. The van der Waals surface area contributed by atoms with Crippen LogP contribution < -0.4 is 15.0 Å². The summed E-state index contributed by atoms with van der Waals surface area (Å²) in [7, 11) is 0. The molecule has 0 spiro atoms. The molecule has 0 aromatic heterocycles. The maximum Gasteiger partial charge on any atom is 0.261 e. The van der Waals surface area contributed by atoms with Gasteiger partial charge < -0.3 is 10.1 Å². The molecule has 1 aliphatic heterocycles. The highest BCUT2D eigenvalue weighted by atomic mass is 16.5. The van der Waals surface area contributed by atoms with Crippen molar-refractivity contribution >= 4 is 28.9 Å². The van der Waals surface area contributed by atoms with E-state index in [4.69, 9.17) is 4.74 Å². The molecule has 0 unspecified atom stereocenters. The lowest BCUT2D eigenvalue weighted by molar-refractivity contribution is -0.120. The first-order valence-electron chi connectivity index (χ1n) is 7.75.